The van der Waals surface area contributed by atoms with Crippen molar-refractivity contribution in [2.45, 2.75) is 39.3 Å². The van der Waals surface area contributed by atoms with Crippen LogP contribution in [0.3, 0.4) is 0 Å². The molecule has 0 aliphatic heterocycles. The van der Waals surface area contributed by atoms with Gasteiger partial charge in [0.05, 0.1) is 0 Å². The van der Waals surface area contributed by atoms with E-state index in [1.165, 1.54) is 24.3 Å². The summed E-state index contributed by atoms with van der Waals surface area (Å²) in [5, 5.41) is 9.81. The molecule has 0 aliphatic rings. The molecule has 0 aliphatic carbocycles. The Bertz CT molecular complexity index is 779. The van der Waals surface area contributed by atoms with Gasteiger partial charge in [-0.2, -0.15) is 0 Å². The normalized spacial score (nSPS) is 12.3. The number of carboxylic acid groups (broad SMARTS) is 1. The standard InChI is InChI=1S/C20H22FNO4/c1-13-5-7-14(8-6-13)17(18(23)24)22(19(25)26-20(2,3)4)16-11-9-15(21)10-12-16/h5-12,17H,1-4H3,(H,23,24). The molecular formula is C20H22FNO4. The van der Waals surface area contributed by atoms with Gasteiger partial charge >= 0.3 is 12.1 Å². The van der Waals surface area contributed by atoms with E-state index in [-0.39, 0.29) is 5.69 Å². The Morgan fingerprint density at radius 2 is 1.58 bits per heavy atom. The van der Waals surface area contributed by atoms with Gasteiger partial charge in [-0.3, -0.25) is 4.90 Å². The second-order valence-electron chi connectivity index (χ2n) is 6.98. The number of aliphatic carboxylic acids is 1. The van der Waals surface area contributed by atoms with Gasteiger partial charge in [-0.1, -0.05) is 29.8 Å². The van der Waals surface area contributed by atoms with E-state index >= 15 is 0 Å². The second kappa shape index (κ2) is 7.56. The van der Waals surface area contributed by atoms with Crippen molar-refractivity contribution in [1.82, 2.24) is 0 Å². The Morgan fingerprint density at radius 3 is 2.04 bits per heavy atom. The van der Waals surface area contributed by atoms with E-state index in [0.717, 1.165) is 10.5 Å². The number of aryl methyl sites for hydroxylation is 1. The van der Waals surface area contributed by atoms with Gasteiger partial charge in [0.1, 0.15) is 11.4 Å². The lowest BCUT2D eigenvalue weighted by atomic mass is 10.0. The SMILES string of the molecule is Cc1ccc(C(C(=O)O)N(C(=O)OC(C)(C)C)c2ccc(F)cc2)cc1. The van der Waals surface area contributed by atoms with Crippen molar-refractivity contribution in [3.05, 3.63) is 65.5 Å². The number of carboxylic acids is 1. The van der Waals surface area contributed by atoms with E-state index in [1.54, 1.807) is 45.0 Å². The van der Waals surface area contributed by atoms with E-state index in [1.807, 2.05) is 6.92 Å². The molecule has 2 rings (SSSR count). The maximum Gasteiger partial charge on any atom is 0.415 e. The molecule has 2 aromatic carbocycles. The number of rotatable bonds is 4. The van der Waals surface area contributed by atoms with Gasteiger partial charge in [0.15, 0.2) is 6.04 Å². The Labute approximate surface area is 152 Å². The first-order valence-corrected chi connectivity index (χ1v) is 8.15. The van der Waals surface area contributed by atoms with Crippen LogP contribution in [0.15, 0.2) is 48.5 Å². The quantitative estimate of drug-likeness (QED) is 0.859. The van der Waals surface area contributed by atoms with Gasteiger partial charge in [0.25, 0.3) is 0 Å². The highest BCUT2D eigenvalue weighted by Crippen LogP contribution is 2.30. The molecule has 1 N–H and O–H groups in total. The lowest BCUT2D eigenvalue weighted by Crippen LogP contribution is -2.42. The smallest absolute Gasteiger partial charge is 0.415 e. The van der Waals surface area contributed by atoms with Gasteiger partial charge in [-0.15, -0.1) is 0 Å². The van der Waals surface area contributed by atoms with E-state index in [9.17, 15) is 19.1 Å². The molecule has 5 nitrogen and oxygen atoms in total. The van der Waals surface area contributed by atoms with Gasteiger partial charge in [-0.25, -0.2) is 14.0 Å². The fourth-order valence-corrected chi connectivity index (χ4v) is 2.42. The number of benzene rings is 2. The summed E-state index contributed by atoms with van der Waals surface area (Å²) in [6.07, 6.45) is -0.822. The number of carbonyl (C=O) groups excluding carboxylic acids is 1. The lowest BCUT2D eigenvalue weighted by Gasteiger charge is -2.31. The first-order valence-electron chi connectivity index (χ1n) is 8.15. The minimum atomic E-state index is -1.31. The number of ether oxygens (including phenoxy) is 1. The monoisotopic (exact) mass is 359 g/mol. The zero-order valence-electron chi connectivity index (χ0n) is 15.2. The van der Waals surface area contributed by atoms with Crippen molar-refractivity contribution in [2.24, 2.45) is 0 Å². The zero-order valence-corrected chi connectivity index (χ0v) is 15.2. The molecule has 1 amide bonds. The van der Waals surface area contributed by atoms with Crippen LogP contribution < -0.4 is 4.90 Å². The molecule has 0 bridgehead atoms. The topological polar surface area (TPSA) is 66.8 Å². The summed E-state index contributed by atoms with van der Waals surface area (Å²) in [5.41, 5.74) is 0.793. The fourth-order valence-electron chi connectivity index (χ4n) is 2.42. The molecule has 0 saturated heterocycles. The van der Waals surface area contributed by atoms with Crippen molar-refractivity contribution < 1.29 is 23.8 Å². The van der Waals surface area contributed by atoms with E-state index in [2.05, 4.69) is 0 Å². The highest BCUT2D eigenvalue weighted by atomic mass is 19.1. The first-order chi connectivity index (χ1) is 12.1. The molecule has 138 valence electrons. The summed E-state index contributed by atoms with van der Waals surface area (Å²) in [6, 6.07) is 10.6. The Kier molecular flexibility index (Phi) is 5.65. The Hall–Kier alpha value is -2.89. The maximum absolute atomic E-state index is 13.3. The van der Waals surface area contributed by atoms with Crippen molar-refractivity contribution in [3.63, 3.8) is 0 Å². The third-order valence-corrected chi connectivity index (χ3v) is 3.58. The third-order valence-electron chi connectivity index (χ3n) is 3.58. The number of carbonyl (C=O) groups is 2. The molecule has 0 aromatic heterocycles. The van der Waals surface area contributed by atoms with Crippen LogP contribution in [0, 0.1) is 12.7 Å². The molecule has 2 aromatic rings. The van der Waals surface area contributed by atoms with Crippen LogP contribution >= 0.6 is 0 Å². The Balaban J connectivity index is 2.55. The second-order valence-corrected chi connectivity index (χ2v) is 6.98. The maximum atomic E-state index is 13.3. The zero-order chi connectivity index (χ0) is 19.5. The largest absolute Gasteiger partial charge is 0.479 e. The number of anilines is 1. The molecule has 0 saturated carbocycles. The molecule has 1 atom stereocenters. The predicted octanol–water partition coefficient (Wildman–Crippen LogP) is 4.70. The number of halogens is 1. The average molecular weight is 359 g/mol. The summed E-state index contributed by atoms with van der Waals surface area (Å²) in [4.78, 5) is 25.8. The predicted molar refractivity (Wildman–Crippen MR) is 96.7 cm³/mol. The highest BCUT2D eigenvalue weighted by molar-refractivity contribution is 5.96. The van der Waals surface area contributed by atoms with Gasteiger partial charge in [-0.05, 0) is 57.5 Å². The van der Waals surface area contributed by atoms with Gasteiger partial charge in [0.2, 0.25) is 0 Å². The lowest BCUT2D eigenvalue weighted by molar-refractivity contribution is -0.138. The number of hydrogen-bond acceptors (Lipinski definition) is 3. The third kappa shape index (κ3) is 4.81. The van der Waals surface area contributed by atoms with Crippen molar-refractivity contribution >= 4 is 17.7 Å². The summed E-state index contributed by atoms with van der Waals surface area (Å²) in [5.74, 6) is -1.70. The Morgan fingerprint density at radius 1 is 1.04 bits per heavy atom. The van der Waals surface area contributed by atoms with Crippen LogP contribution in [-0.2, 0) is 9.53 Å². The summed E-state index contributed by atoms with van der Waals surface area (Å²) >= 11 is 0. The number of nitrogens with zero attached hydrogens (tertiary/aromatic N) is 1. The molecule has 6 heteroatoms. The molecule has 0 heterocycles. The molecule has 0 fully saturated rings. The van der Waals surface area contributed by atoms with Crippen LogP contribution in [0.2, 0.25) is 0 Å². The van der Waals surface area contributed by atoms with E-state index in [0.29, 0.717) is 5.56 Å². The highest BCUT2D eigenvalue weighted by Gasteiger charge is 2.35. The van der Waals surface area contributed by atoms with Crippen molar-refractivity contribution in [1.29, 1.82) is 0 Å². The van der Waals surface area contributed by atoms with Crippen LogP contribution in [0.4, 0.5) is 14.9 Å². The van der Waals surface area contributed by atoms with Gasteiger partial charge < -0.3 is 9.84 Å². The summed E-state index contributed by atoms with van der Waals surface area (Å²) in [7, 11) is 0. The van der Waals surface area contributed by atoms with Gasteiger partial charge in [0, 0.05) is 5.69 Å². The molecular weight excluding hydrogens is 337 g/mol. The minimum absolute atomic E-state index is 0.230. The minimum Gasteiger partial charge on any atom is -0.479 e. The van der Waals surface area contributed by atoms with E-state index < -0.39 is 29.5 Å². The van der Waals surface area contributed by atoms with Crippen molar-refractivity contribution in [3.8, 4) is 0 Å². The fraction of sp³-hybridized carbons (Fsp3) is 0.300. The molecule has 0 radical (unpaired) electrons. The van der Waals surface area contributed by atoms with Crippen molar-refractivity contribution in [2.75, 3.05) is 4.90 Å². The molecule has 0 spiro atoms. The van der Waals surface area contributed by atoms with Crippen LogP contribution in [0.5, 0.6) is 0 Å². The van der Waals surface area contributed by atoms with Crippen LogP contribution in [0.25, 0.3) is 0 Å². The molecule has 1 unspecified atom stereocenters. The number of amides is 1. The van der Waals surface area contributed by atoms with Crippen LogP contribution in [0.1, 0.15) is 37.9 Å². The molecule has 26 heavy (non-hydrogen) atoms. The first kappa shape index (κ1) is 19.4. The summed E-state index contributed by atoms with van der Waals surface area (Å²) < 4.78 is 18.7. The number of hydrogen-bond donors (Lipinski definition) is 1. The van der Waals surface area contributed by atoms with E-state index in [4.69, 9.17) is 4.74 Å². The van der Waals surface area contributed by atoms with Crippen LogP contribution in [-0.4, -0.2) is 22.8 Å². The average Bonchev–Trinajstić information content (AvgIpc) is 2.53. The summed E-state index contributed by atoms with van der Waals surface area (Å²) in [6.45, 7) is 6.95.